The molecule has 0 aromatic heterocycles. The predicted octanol–water partition coefficient (Wildman–Crippen LogP) is 6.53. The predicted molar refractivity (Wildman–Crippen MR) is 158 cm³/mol. The number of carbonyl (C=O) groups excluding carboxylic acids is 2. The zero-order valence-corrected chi connectivity index (χ0v) is 24.3. The van der Waals surface area contributed by atoms with Gasteiger partial charge in [-0.25, -0.2) is 0 Å². The van der Waals surface area contributed by atoms with Crippen molar-refractivity contribution in [2.75, 3.05) is 52.5 Å². The van der Waals surface area contributed by atoms with E-state index in [9.17, 15) is 9.59 Å². The van der Waals surface area contributed by atoms with Crippen molar-refractivity contribution in [1.82, 2.24) is 9.80 Å². The zero-order chi connectivity index (χ0) is 27.9. The smallest absolute Gasteiger partial charge is 0.159 e. The molecule has 1 atom stereocenters. The van der Waals surface area contributed by atoms with Gasteiger partial charge in [0.25, 0.3) is 0 Å². The summed E-state index contributed by atoms with van der Waals surface area (Å²) in [6.07, 6.45) is 8.88. The van der Waals surface area contributed by atoms with Crippen LogP contribution in [0.2, 0.25) is 0 Å². The van der Waals surface area contributed by atoms with Gasteiger partial charge in [-0.2, -0.15) is 0 Å². The summed E-state index contributed by atoms with van der Waals surface area (Å²) >= 11 is 0. The van der Waals surface area contributed by atoms with Crippen molar-refractivity contribution in [1.29, 1.82) is 0 Å². The van der Waals surface area contributed by atoms with E-state index in [0.29, 0.717) is 0 Å². The van der Waals surface area contributed by atoms with Crippen LogP contribution in [0.15, 0.2) is 48.5 Å². The molecule has 2 fully saturated rings. The van der Waals surface area contributed by atoms with Crippen LogP contribution in [0.25, 0.3) is 0 Å². The van der Waals surface area contributed by atoms with Gasteiger partial charge in [0.05, 0.1) is 13.2 Å². The van der Waals surface area contributed by atoms with Crippen LogP contribution in [0.5, 0.6) is 11.5 Å². The number of likely N-dealkylation sites (tertiary alicyclic amines) is 2. The Hall–Kier alpha value is -2.70. The maximum absolute atomic E-state index is 11.2. The Labute approximate surface area is 235 Å². The fraction of sp³-hybridized carbons (Fsp3) is 0.576. The van der Waals surface area contributed by atoms with Crippen molar-refractivity contribution in [3.8, 4) is 11.5 Å². The van der Waals surface area contributed by atoms with Crippen molar-refractivity contribution in [3.05, 3.63) is 59.7 Å². The Morgan fingerprint density at radius 3 is 1.62 bits per heavy atom. The van der Waals surface area contributed by atoms with E-state index in [1.54, 1.807) is 13.8 Å². The molecule has 0 bridgehead atoms. The van der Waals surface area contributed by atoms with Crippen LogP contribution in [0.3, 0.4) is 0 Å². The Morgan fingerprint density at radius 2 is 1.15 bits per heavy atom. The van der Waals surface area contributed by atoms with Gasteiger partial charge in [0, 0.05) is 30.8 Å². The minimum atomic E-state index is 0.0933. The van der Waals surface area contributed by atoms with Crippen molar-refractivity contribution in [2.24, 2.45) is 5.92 Å². The third kappa shape index (κ3) is 11.9. The molecule has 6 nitrogen and oxygen atoms in total. The van der Waals surface area contributed by atoms with Crippen molar-refractivity contribution >= 4 is 11.6 Å². The molecule has 2 heterocycles. The number of benzene rings is 2. The molecule has 0 N–H and O–H groups in total. The summed E-state index contributed by atoms with van der Waals surface area (Å²) in [5, 5.41) is 0. The number of piperidine rings is 2. The molecule has 0 radical (unpaired) electrons. The van der Waals surface area contributed by atoms with Crippen LogP contribution in [0.1, 0.15) is 86.4 Å². The molecule has 0 saturated carbocycles. The Balaban J connectivity index is 0.000000216. The minimum Gasteiger partial charge on any atom is -0.494 e. The summed E-state index contributed by atoms with van der Waals surface area (Å²) in [5.74, 6) is 2.72. The number of ether oxygens (including phenoxy) is 2. The number of nitrogens with zero attached hydrogens (tertiary/aromatic N) is 2. The van der Waals surface area contributed by atoms with Crippen molar-refractivity contribution < 1.29 is 19.1 Å². The van der Waals surface area contributed by atoms with Gasteiger partial charge in [-0.1, -0.05) is 13.3 Å². The van der Waals surface area contributed by atoms with Gasteiger partial charge >= 0.3 is 0 Å². The van der Waals surface area contributed by atoms with E-state index >= 15 is 0 Å². The van der Waals surface area contributed by atoms with Gasteiger partial charge < -0.3 is 19.3 Å². The number of hydrogen-bond donors (Lipinski definition) is 0. The summed E-state index contributed by atoms with van der Waals surface area (Å²) in [4.78, 5) is 27.4. The molecule has 0 amide bonds. The lowest BCUT2D eigenvalue weighted by atomic mass is 10.0. The first-order chi connectivity index (χ1) is 18.9. The summed E-state index contributed by atoms with van der Waals surface area (Å²) < 4.78 is 11.4. The van der Waals surface area contributed by atoms with Gasteiger partial charge in [0.1, 0.15) is 11.5 Å². The normalized spacial score (nSPS) is 18.1. The van der Waals surface area contributed by atoms with Crippen LogP contribution in [0.4, 0.5) is 0 Å². The summed E-state index contributed by atoms with van der Waals surface area (Å²) in [6.45, 7) is 14.2. The molecular weight excluding hydrogens is 488 g/mol. The fourth-order valence-corrected chi connectivity index (χ4v) is 5.20. The molecule has 1 unspecified atom stereocenters. The van der Waals surface area contributed by atoms with E-state index in [-0.39, 0.29) is 11.6 Å². The van der Waals surface area contributed by atoms with E-state index in [2.05, 4.69) is 16.7 Å². The van der Waals surface area contributed by atoms with Gasteiger partial charge in [-0.15, -0.1) is 0 Å². The lowest BCUT2D eigenvalue weighted by molar-refractivity contribution is 0.100. The number of Topliss-reactive ketones (excluding diaryl/α,β-unsaturated/α-hetero) is 2. The minimum absolute atomic E-state index is 0.0933. The van der Waals surface area contributed by atoms with Gasteiger partial charge in [0.2, 0.25) is 0 Å². The third-order valence-corrected chi connectivity index (χ3v) is 7.49. The monoisotopic (exact) mass is 536 g/mol. The fourth-order valence-electron chi connectivity index (χ4n) is 5.20. The summed E-state index contributed by atoms with van der Waals surface area (Å²) in [5.41, 5.74) is 1.47. The molecule has 214 valence electrons. The summed E-state index contributed by atoms with van der Waals surface area (Å²) in [6, 6.07) is 14.8. The molecule has 2 aromatic carbocycles. The highest BCUT2D eigenvalue weighted by molar-refractivity contribution is 5.94. The van der Waals surface area contributed by atoms with E-state index < -0.39 is 0 Å². The molecule has 2 aliphatic heterocycles. The Bertz CT molecular complexity index is 984. The number of rotatable bonds is 12. The second kappa shape index (κ2) is 17.1. The second-order valence-electron chi connectivity index (χ2n) is 11.0. The molecule has 0 spiro atoms. The number of carbonyl (C=O) groups is 2. The molecule has 39 heavy (non-hydrogen) atoms. The van der Waals surface area contributed by atoms with E-state index in [1.807, 2.05) is 48.5 Å². The van der Waals surface area contributed by atoms with Gasteiger partial charge in [-0.3, -0.25) is 9.59 Å². The largest absolute Gasteiger partial charge is 0.494 e. The van der Waals surface area contributed by atoms with Crippen LogP contribution in [0, 0.1) is 5.92 Å². The standard InChI is InChI=1S/C17H25NO2.C16H23NO2/c1-14-5-3-10-18(13-14)11-4-12-20-17-8-6-16(7-9-17)15(2)19;1-14(18)15-6-8-16(9-7-15)19-13-5-12-17-10-3-2-4-11-17/h6-9,14H,3-5,10-13H2,1-2H3;6-9H,2-5,10-13H2,1H3. The van der Waals surface area contributed by atoms with Crippen molar-refractivity contribution in [3.63, 3.8) is 0 Å². The molecule has 6 heteroatoms. The lowest BCUT2D eigenvalue weighted by Crippen LogP contribution is -2.35. The summed E-state index contributed by atoms with van der Waals surface area (Å²) in [7, 11) is 0. The zero-order valence-electron chi connectivity index (χ0n) is 24.3. The SMILES string of the molecule is CC(=O)c1ccc(OCCCN2CCCC(C)C2)cc1.CC(=O)c1ccc(OCCCN2CCCCC2)cc1. The molecule has 0 aliphatic carbocycles. The van der Waals surface area contributed by atoms with E-state index in [1.165, 1.54) is 58.3 Å². The van der Waals surface area contributed by atoms with Crippen LogP contribution >= 0.6 is 0 Å². The first kappa shape index (κ1) is 30.8. The van der Waals surface area contributed by atoms with Gasteiger partial charge in [-0.05, 0) is 126 Å². The molecule has 2 aromatic rings. The van der Waals surface area contributed by atoms with E-state index in [4.69, 9.17) is 9.47 Å². The average molecular weight is 537 g/mol. The van der Waals surface area contributed by atoms with Crippen LogP contribution < -0.4 is 9.47 Å². The number of hydrogen-bond acceptors (Lipinski definition) is 6. The molecule has 4 rings (SSSR count). The first-order valence-electron chi connectivity index (χ1n) is 14.8. The molecule has 2 saturated heterocycles. The van der Waals surface area contributed by atoms with Crippen LogP contribution in [-0.2, 0) is 0 Å². The number of ketones is 2. The molecule has 2 aliphatic rings. The highest BCUT2D eigenvalue weighted by atomic mass is 16.5. The second-order valence-corrected chi connectivity index (χ2v) is 11.0. The Kier molecular flexibility index (Phi) is 13.5. The van der Waals surface area contributed by atoms with Crippen LogP contribution in [-0.4, -0.2) is 73.8 Å². The first-order valence-corrected chi connectivity index (χ1v) is 14.8. The lowest BCUT2D eigenvalue weighted by Gasteiger charge is -2.30. The average Bonchev–Trinajstić information content (AvgIpc) is 2.95. The Morgan fingerprint density at radius 1 is 0.692 bits per heavy atom. The highest BCUT2D eigenvalue weighted by Gasteiger charge is 2.15. The topological polar surface area (TPSA) is 59.1 Å². The molecular formula is C33H48N2O4. The maximum atomic E-state index is 11.2. The maximum Gasteiger partial charge on any atom is 0.159 e. The van der Waals surface area contributed by atoms with E-state index in [0.717, 1.165) is 67.7 Å². The van der Waals surface area contributed by atoms with Gasteiger partial charge in [0.15, 0.2) is 11.6 Å². The highest BCUT2D eigenvalue weighted by Crippen LogP contribution is 2.17. The van der Waals surface area contributed by atoms with Crippen molar-refractivity contribution in [2.45, 2.75) is 65.7 Å². The quantitative estimate of drug-likeness (QED) is 0.227. The third-order valence-electron chi connectivity index (χ3n) is 7.49.